The Hall–Kier alpha value is -2.54. The Bertz CT molecular complexity index is 779. The number of methoxy groups -OCH3 is 1. The smallest absolute Gasteiger partial charge is 0.273 e. The molecule has 0 unspecified atom stereocenters. The van der Waals surface area contributed by atoms with Crippen molar-refractivity contribution in [2.24, 2.45) is 0 Å². The maximum Gasteiger partial charge on any atom is 0.273 e. The van der Waals surface area contributed by atoms with Gasteiger partial charge in [0.05, 0.1) is 18.1 Å². The monoisotopic (exact) mass is 342 g/mol. The SMILES string of the molecule is CCCc1ncc2c(n1)CCN(Cc1ccc([N+](=O)[O-])cc1OC)C2. The molecule has 7 heteroatoms. The molecule has 0 N–H and O–H groups in total. The van der Waals surface area contributed by atoms with Crippen LogP contribution < -0.4 is 4.74 Å². The fraction of sp³-hybridized carbons (Fsp3) is 0.444. The highest BCUT2D eigenvalue weighted by Crippen LogP contribution is 2.27. The van der Waals surface area contributed by atoms with Gasteiger partial charge in [-0.25, -0.2) is 9.97 Å². The summed E-state index contributed by atoms with van der Waals surface area (Å²) in [4.78, 5) is 21.9. The second kappa shape index (κ2) is 7.57. The van der Waals surface area contributed by atoms with Gasteiger partial charge in [0.15, 0.2) is 0 Å². The number of nitro benzene ring substituents is 1. The molecule has 0 bridgehead atoms. The molecule has 0 radical (unpaired) electrons. The highest BCUT2D eigenvalue weighted by molar-refractivity contribution is 5.44. The first-order chi connectivity index (χ1) is 12.1. The average Bonchev–Trinajstić information content (AvgIpc) is 2.62. The quantitative estimate of drug-likeness (QED) is 0.593. The van der Waals surface area contributed by atoms with E-state index in [4.69, 9.17) is 4.74 Å². The molecule has 0 fully saturated rings. The van der Waals surface area contributed by atoms with Crippen LogP contribution >= 0.6 is 0 Å². The van der Waals surface area contributed by atoms with Gasteiger partial charge in [-0.15, -0.1) is 0 Å². The van der Waals surface area contributed by atoms with Crippen LogP contribution in [-0.4, -0.2) is 33.4 Å². The Kier molecular flexibility index (Phi) is 5.23. The van der Waals surface area contributed by atoms with Crippen molar-refractivity contribution in [1.29, 1.82) is 0 Å². The molecule has 0 amide bonds. The molecule has 1 aromatic carbocycles. The minimum Gasteiger partial charge on any atom is -0.496 e. The average molecular weight is 342 g/mol. The van der Waals surface area contributed by atoms with Gasteiger partial charge in [0.2, 0.25) is 0 Å². The van der Waals surface area contributed by atoms with Crippen LogP contribution in [0.3, 0.4) is 0 Å². The van der Waals surface area contributed by atoms with Crippen molar-refractivity contribution in [3.8, 4) is 5.75 Å². The van der Waals surface area contributed by atoms with Gasteiger partial charge in [-0.05, 0) is 12.5 Å². The molecule has 25 heavy (non-hydrogen) atoms. The van der Waals surface area contributed by atoms with Crippen LogP contribution in [0.4, 0.5) is 5.69 Å². The predicted octanol–water partition coefficient (Wildman–Crippen LogP) is 2.90. The number of rotatable bonds is 6. The van der Waals surface area contributed by atoms with E-state index < -0.39 is 4.92 Å². The fourth-order valence-corrected chi connectivity index (χ4v) is 3.11. The normalized spacial score (nSPS) is 14.2. The molecule has 0 saturated heterocycles. The van der Waals surface area contributed by atoms with Gasteiger partial charge in [-0.1, -0.05) is 6.92 Å². The van der Waals surface area contributed by atoms with Gasteiger partial charge in [-0.3, -0.25) is 15.0 Å². The Morgan fingerprint density at radius 1 is 1.40 bits per heavy atom. The molecule has 1 aliphatic rings. The van der Waals surface area contributed by atoms with Gasteiger partial charge < -0.3 is 4.74 Å². The van der Waals surface area contributed by atoms with Crippen LogP contribution in [0.15, 0.2) is 24.4 Å². The molecular weight excluding hydrogens is 320 g/mol. The van der Waals surface area contributed by atoms with Crippen molar-refractivity contribution < 1.29 is 9.66 Å². The third-order valence-electron chi connectivity index (χ3n) is 4.41. The lowest BCUT2D eigenvalue weighted by Gasteiger charge is -2.28. The summed E-state index contributed by atoms with van der Waals surface area (Å²) in [5.41, 5.74) is 3.29. The summed E-state index contributed by atoms with van der Waals surface area (Å²) in [7, 11) is 1.54. The van der Waals surface area contributed by atoms with Crippen molar-refractivity contribution in [3.63, 3.8) is 0 Å². The van der Waals surface area contributed by atoms with Crippen LogP contribution in [0.1, 0.15) is 36.0 Å². The zero-order valence-corrected chi connectivity index (χ0v) is 14.6. The first-order valence-electron chi connectivity index (χ1n) is 8.48. The van der Waals surface area contributed by atoms with E-state index in [1.54, 1.807) is 6.07 Å². The second-order valence-corrected chi connectivity index (χ2v) is 6.22. The molecule has 0 atom stereocenters. The Morgan fingerprint density at radius 2 is 2.24 bits per heavy atom. The molecule has 132 valence electrons. The molecule has 2 aromatic rings. The second-order valence-electron chi connectivity index (χ2n) is 6.22. The summed E-state index contributed by atoms with van der Waals surface area (Å²) >= 11 is 0. The number of fused-ring (bicyclic) bond motifs is 1. The van der Waals surface area contributed by atoms with Crippen LogP contribution in [-0.2, 0) is 25.9 Å². The third kappa shape index (κ3) is 3.93. The van der Waals surface area contributed by atoms with Crippen molar-refractivity contribution >= 4 is 5.69 Å². The lowest BCUT2D eigenvalue weighted by molar-refractivity contribution is -0.384. The standard InChI is InChI=1S/C18H22N4O3/c1-3-4-18-19-10-14-12-21(8-7-16(14)20-18)11-13-5-6-15(22(23)24)9-17(13)25-2/h5-6,9-10H,3-4,7-8,11-12H2,1-2H3. The summed E-state index contributed by atoms with van der Waals surface area (Å²) in [5, 5.41) is 10.9. The lowest BCUT2D eigenvalue weighted by Crippen LogP contribution is -2.31. The summed E-state index contributed by atoms with van der Waals surface area (Å²) in [5.74, 6) is 1.47. The molecule has 7 nitrogen and oxygen atoms in total. The highest BCUT2D eigenvalue weighted by Gasteiger charge is 2.20. The number of nitro groups is 1. The highest BCUT2D eigenvalue weighted by atomic mass is 16.6. The molecule has 1 aromatic heterocycles. The Balaban J connectivity index is 1.74. The number of nitrogens with zero attached hydrogens (tertiary/aromatic N) is 4. The van der Waals surface area contributed by atoms with E-state index in [1.165, 1.54) is 19.2 Å². The molecule has 0 spiro atoms. The van der Waals surface area contributed by atoms with Crippen molar-refractivity contribution in [1.82, 2.24) is 14.9 Å². The topological polar surface area (TPSA) is 81.4 Å². The summed E-state index contributed by atoms with van der Waals surface area (Å²) in [6, 6.07) is 4.77. The molecule has 1 aliphatic heterocycles. The zero-order chi connectivity index (χ0) is 17.8. The fourth-order valence-electron chi connectivity index (χ4n) is 3.11. The van der Waals surface area contributed by atoms with Gasteiger partial charge >= 0.3 is 0 Å². The van der Waals surface area contributed by atoms with E-state index in [0.29, 0.717) is 12.3 Å². The molecule has 2 heterocycles. The lowest BCUT2D eigenvalue weighted by atomic mass is 10.1. The van der Waals surface area contributed by atoms with E-state index in [9.17, 15) is 10.1 Å². The van der Waals surface area contributed by atoms with E-state index in [1.807, 2.05) is 6.20 Å². The molecule has 3 rings (SSSR count). The number of non-ortho nitro benzene ring substituents is 1. The van der Waals surface area contributed by atoms with E-state index in [0.717, 1.165) is 55.0 Å². The number of hydrogen-bond acceptors (Lipinski definition) is 6. The minimum absolute atomic E-state index is 0.0430. The van der Waals surface area contributed by atoms with Crippen molar-refractivity contribution in [2.75, 3.05) is 13.7 Å². The van der Waals surface area contributed by atoms with Crippen LogP contribution in [0, 0.1) is 10.1 Å². The zero-order valence-electron chi connectivity index (χ0n) is 14.6. The summed E-state index contributed by atoms with van der Waals surface area (Å²) < 4.78 is 5.33. The summed E-state index contributed by atoms with van der Waals surface area (Å²) in [6.45, 7) is 4.48. The van der Waals surface area contributed by atoms with Crippen molar-refractivity contribution in [3.05, 3.63) is 57.2 Å². The maximum atomic E-state index is 10.9. The number of benzene rings is 1. The van der Waals surface area contributed by atoms with E-state index in [2.05, 4.69) is 21.8 Å². The molecule has 0 saturated carbocycles. The predicted molar refractivity (Wildman–Crippen MR) is 93.5 cm³/mol. The largest absolute Gasteiger partial charge is 0.496 e. The van der Waals surface area contributed by atoms with Gasteiger partial charge in [0, 0.05) is 61.6 Å². The van der Waals surface area contributed by atoms with Crippen LogP contribution in [0.25, 0.3) is 0 Å². The van der Waals surface area contributed by atoms with Crippen LogP contribution in [0.2, 0.25) is 0 Å². The summed E-state index contributed by atoms with van der Waals surface area (Å²) in [6.07, 6.45) is 4.79. The Morgan fingerprint density at radius 3 is 2.96 bits per heavy atom. The molecular formula is C18H22N4O3. The number of ether oxygens (including phenoxy) is 1. The maximum absolute atomic E-state index is 10.9. The molecule has 0 aliphatic carbocycles. The van der Waals surface area contributed by atoms with Gasteiger partial charge in [0.25, 0.3) is 5.69 Å². The first kappa shape index (κ1) is 17.3. The number of aryl methyl sites for hydroxylation is 1. The number of aromatic nitrogens is 2. The Labute approximate surface area is 146 Å². The first-order valence-corrected chi connectivity index (χ1v) is 8.48. The van der Waals surface area contributed by atoms with Crippen LogP contribution in [0.5, 0.6) is 5.75 Å². The van der Waals surface area contributed by atoms with Gasteiger partial charge in [-0.2, -0.15) is 0 Å². The van der Waals surface area contributed by atoms with E-state index >= 15 is 0 Å². The van der Waals surface area contributed by atoms with E-state index in [-0.39, 0.29) is 5.69 Å². The van der Waals surface area contributed by atoms with Gasteiger partial charge in [0.1, 0.15) is 11.6 Å². The van der Waals surface area contributed by atoms with Crippen molar-refractivity contribution in [2.45, 2.75) is 39.3 Å². The number of hydrogen-bond donors (Lipinski definition) is 0. The third-order valence-corrected chi connectivity index (χ3v) is 4.41. The minimum atomic E-state index is -0.408.